The predicted molar refractivity (Wildman–Crippen MR) is 103 cm³/mol. The van der Waals surface area contributed by atoms with Crippen molar-refractivity contribution < 1.29 is 0 Å². The highest BCUT2D eigenvalue weighted by Gasteiger charge is 2.35. The van der Waals surface area contributed by atoms with E-state index in [-0.39, 0.29) is 0 Å². The topological polar surface area (TPSA) is 17.8 Å². The number of benzene rings is 1. The number of hydrogen-bond acceptors (Lipinski definition) is 3. The number of aryl methyl sites for hydroxylation is 2. The largest absolute Gasteiger partial charge is 0.335 e. The molecule has 1 aliphatic rings. The monoisotopic (exact) mass is 346 g/mol. The lowest BCUT2D eigenvalue weighted by molar-refractivity contribution is 0.592. The molecule has 3 rings (SSSR count). The molecule has 2 nitrogen and oxygen atoms in total. The van der Waals surface area contributed by atoms with Crippen molar-refractivity contribution in [3.63, 3.8) is 0 Å². The van der Waals surface area contributed by atoms with Crippen molar-refractivity contribution in [3.05, 3.63) is 54.1 Å². The summed E-state index contributed by atoms with van der Waals surface area (Å²) >= 11 is 4.27. The fourth-order valence-electron chi connectivity index (χ4n) is 3.06. The number of aromatic nitrogens is 2. The molecule has 23 heavy (non-hydrogen) atoms. The van der Waals surface area contributed by atoms with Gasteiger partial charge in [-0.1, -0.05) is 37.6 Å². The second-order valence-electron chi connectivity index (χ2n) is 6.26. The zero-order chi connectivity index (χ0) is 16.0. The Morgan fingerprint density at radius 3 is 2.39 bits per heavy atom. The maximum absolute atomic E-state index is 4.19. The van der Waals surface area contributed by atoms with Crippen molar-refractivity contribution in [1.82, 2.24) is 9.55 Å². The Morgan fingerprint density at radius 2 is 1.78 bits per heavy atom. The van der Waals surface area contributed by atoms with E-state index >= 15 is 0 Å². The summed E-state index contributed by atoms with van der Waals surface area (Å²) in [6.45, 7) is 3.32. The molecule has 1 saturated heterocycles. The van der Waals surface area contributed by atoms with Crippen molar-refractivity contribution >= 4 is 23.5 Å². The third-order valence-corrected chi connectivity index (χ3v) is 7.93. The Morgan fingerprint density at radius 1 is 1.09 bits per heavy atom. The molecular formula is C19H26N2S2. The van der Waals surface area contributed by atoms with Gasteiger partial charge in [-0.15, -0.1) is 23.5 Å². The molecule has 0 amide bonds. The van der Waals surface area contributed by atoms with Gasteiger partial charge < -0.3 is 4.57 Å². The van der Waals surface area contributed by atoms with Crippen LogP contribution in [-0.2, 0) is 19.4 Å². The molecule has 0 spiro atoms. The quantitative estimate of drug-likeness (QED) is 0.667. The minimum atomic E-state index is 0.321. The molecular weight excluding hydrogens is 320 g/mol. The van der Waals surface area contributed by atoms with E-state index in [0.29, 0.717) is 4.08 Å². The van der Waals surface area contributed by atoms with Gasteiger partial charge in [0.25, 0.3) is 0 Å². The van der Waals surface area contributed by atoms with Gasteiger partial charge in [0.2, 0.25) is 0 Å². The third kappa shape index (κ3) is 4.80. The highest BCUT2D eigenvalue weighted by molar-refractivity contribution is 8.21. The van der Waals surface area contributed by atoms with E-state index in [4.69, 9.17) is 0 Å². The molecule has 0 atom stereocenters. The first-order valence-corrected chi connectivity index (χ1v) is 10.6. The summed E-state index contributed by atoms with van der Waals surface area (Å²) < 4.78 is 2.56. The molecule has 0 aliphatic carbocycles. The summed E-state index contributed by atoms with van der Waals surface area (Å²) in [6, 6.07) is 9.31. The number of nitrogens with zero attached hydrogens (tertiary/aromatic N) is 2. The van der Waals surface area contributed by atoms with Crippen LogP contribution in [-0.4, -0.2) is 25.1 Å². The maximum Gasteiger partial charge on any atom is 0.0946 e. The zero-order valence-corrected chi connectivity index (χ0v) is 15.5. The first-order valence-electron chi connectivity index (χ1n) is 8.61. The van der Waals surface area contributed by atoms with Crippen LogP contribution < -0.4 is 0 Å². The van der Waals surface area contributed by atoms with Crippen LogP contribution in [0.2, 0.25) is 0 Å². The second-order valence-corrected chi connectivity index (χ2v) is 9.48. The van der Waals surface area contributed by atoms with E-state index in [9.17, 15) is 0 Å². The van der Waals surface area contributed by atoms with Crippen LogP contribution in [0, 0.1) is 0 Å². The number of rotatable bonds is 8. The Kier molecular flexibility index (Phi) is 6.12. The van der Waals surface area contributed by atoms with Gasteiger partial charge >= 0.3 is 0 Å². The second kappa shape index (κ2) is 8.29. The third-order valence-electron chi connectivity index (χ3n) is 4.43. The molecule has 2 heterocycles. The average Bonchev–Trinajstić information content (AvgIpc) is 3.25. The van der Waals surface area contributed by atoms with Crippen molar-refractivity contribution in [2.45, 2.75) is 49.7 Å². The Hall–Kier alpha value is -0.870. The van der Waals surface area contributed by atoms with Crippen molar-refractivity contribution in [2.24, 2.45) is 0 Å². The molecule has 0 unspecified atom stereocenters. The maximum atomic E-state index is 4.19. The van der Waals surface area contributed by atoms with Gasteiger partial charge in [-0.05, 0) is 36.8 Å². The highest BCUT2D eigenvalue weighted by atomic mass is 32.2. The number of imidazole rings is 1. The summed E-state index contributed by atoms with van der Waals surface area (Å²) in [5, 5.41) is 0. The number of hydrogen-bond donors (Lipinski definition) is 0. The molecule has 4 heteroatoms. The van der Waals surface area contributed by atoms with E-state index < -0.39 is 0 Å². The smallest absolute Gasteiger partial charge is 0.0946 e. The molecule has 0 N–H and O–H groups in total. The van der Waals surface area contributed by atoms with Crippen LogP contribution >= 0.6 is 23.5 Å². The molecule has 0 saturated carbocycles. The first-order chi connectivity index (χ1) is 11.3. The molecule has 2 aromatic rings. The van der Waals surface area contributed by atoms with Crippen LogP contribution in [0.25, 0.3) is 0 Å². The van der Waals surface area contributed by atoms with Crippen LogP contribution in [0.4, 0.5) is 0 Å². The fourth-order valence-corrected chi connectivity index (χ4v) is 6.28. The minimum absolute atomic E-state index is 0.321. The van der Waals surface area contributed by atoms with E-state index in [1.807, 2.05) is 12.5 Å². The highest BCUT2D eigenvalue weighted by Crippen LogP contribution is 2.48. The zero-order valence-electron chi connectivity index (χ0n) is 13.9. The molecule has 1 aliphatic heterocycles. The van der Waals surface area contributed by atoms with Gasteiger partial charge in [0.1, 0.15) is 0 Å². The van der Waals surface area contributed by atoms with Crippen molar-refractivity contribution in [1.29, 1.82) is 0 Å². The van der Waals surface area contributed by atoms with Crippen LogP contribution in [0.5, 0.6) is 0 Å². The van der Waals surface area contributed by atoms with Crippen LogP contribution in [0.15, 0.2) is 43.0 Å². The van der Waals surface area contributed by atoms with Gasteiger partial charge in [0.15, 0.2) is 0 Å². The molecule has 1 aromatic heterocycles. The normalized spacial score (nSPS) is 16.7. The number of unbranched alkanes of at least 4 members (excludes halogenated alkanes) is 1. The Labute approximate surface area is 148 Å². The lowest BCUT2D eigenvalue weighted by Gasteiger charge is -2.27. The van der Waals surface area contributed by atoms with Gasteiger partial charge in [-0.2, -0.15) is 0 Å². The summed E-state index contributed by atoms with van der Waals surface area (Å²) in [7, 11) is 0. The van der Waals surface area contributed by atoms with E-state index in [1.165, 1.54) is 54.7 Å². The van der Waals surface area contributed by atoms with Crippen molar-refractivity contribution in [3.8, 4) is 0 Å². The van der Waals surface area contributed by atoms with E-state index in [2.05, 4.69) is 70.5 Å². The Balaban J connectivity index is 1.58. The summed E-state index contributed by atoms with van der Waals surface area (Å²) in [5.41, 5.74) is 2.96. The lowest BCUT2D eigenvalue weighted by atomic mass is 10.0. The van der Waals surface area contributed by atoms with Crippen molar-refractivity contribution in [2.75, 3.05) is 11.5 Å². The SMILES string of the molecule is CCCCc1ccc(CCC2(Cn3ccnc3)SCCS2)cc1. The lowest BCUT2D eigenvalue weighted by Crippen LogP contribution is -2.25. The molecule has 124 valence electrons. The summed E-state index contributed by atoms with van der Waals surface area (Å²) in [4.78, 5) is 4.19. The fraction of sp³-hybridized carbons (Fsp3) is 0.526. The molecule has 1 fully saturated rings. The van der Waals surface area contributed by atoms with Crippen LogP contribution in [0.1, 0.15) is 37.3 Å². The molecule has 0 radical (unpaired) electrons. The Bertz CT molecular complexity index is 572. The van der Waals surface area contributed by atoms with Gasteiger partial charge in [0, 0.05) is 30.4 Å². The minimum Gasteiger partial charge on any atom is -0.335 e. The van der Waals surface area contributed by atoms with Gasteiger partial charge in [-0.25, -0.2) is 4.98 Å². The van der Waals surface area contributed by atoms with Gasteiger partial charge in [-0.3, -0.25) is 0 Å². The van der Waals surface area contributed by atoms with Gasteiger partial charge in [0.05, 0.1) is 10.4 Å². The molecule has 0 bridgehead atoms. The van der Waals surface area contributed by atoms with Crippen LogP contribution in [0.3, 0.4) is 0 Å². The first kappa shape index (κ1) is 17.0. The molecule has 1 aromatic carbocycles. The number of thioether (sulfide) groups is 2. The van der Waals surface area contributed by atoms with E-state index in [0.717, 1.165) is 6.54 Å². The standard InChI is InChI=1S/C19H26N2S2/c1-2-3-4-17-5-7-18(8-6-17)9-10-19(22-13-14-23-19)15-21-12-11-20-16-21/h5-8,11-12,16H,2-4,9-10,13-15H2,1H3. The summed E-state index contributed by atoms with van der Waals surface area (Å²) in [5.74, 6) is 2.55. The predicted octanol–water partition coefficient (Wildman–Crippen LogP) is 5.03. The average molecular weight is 347 g/mol. The van der Waals surface area contributed by atoms with E-state index in [1.54, 1.807) is 0 Å². The summed E-state index contributed by atoms with van der Waals surface area (Å²) in [6.07, 6.45) is 12.1.